The Morgan fingerprint density at radius 2 is 1.81 bits per heavy atom. The molecule has 2 rings (SSSR count). The van der Waals surface area contributed by atoms with E-state index < -0.39 is 0 Å². The van der Waals surface area contributed by atoms with Gasteiger partial charge in [0.2, 0.25) is 5.88 Å². The summed E-state index contributed by atoms with van der Waals surface area (Å²) < 4.78 is 5.76. The minimum Gasteiger partial charge on any atom is -0.439 e. The smallest absolute Gasteiger partial charge is 0.228 e. The molecule has 0 aliphatic rings. The zero-order valence-electron chi connectivity index (χ0n) is 12.4. The van der Waals surface area contributed by atoms with Crippen LogP contribution in [0.3, 0.4) is 0 Å². The van der Waals surface area contributed by atoms with E-state index in [0.29, 0.717) is 22.3 Å². The van der Waals surface area contributed by atoms with Crippen molar-refractivity contribution in [1.29, 1.82) is 0 Å². The Bertz CT molecular complexity index is 612. The van der Waals surface area contributed by atoms with Crippen LogP contribution >= 0.6 is 23.2 Å². The standard InChI is InChI=1S/C16H18Cl2N2O/c1-4-16(2,3)11-5-7-12(8-6-11)21-15-13(9-17)14(18)19-10-20-15/h5-8,10H,4,9H2,1-3H3. The van der Waals surface area contributed by atoms with Gasteiger partial charge in [-0.3, -0.25) is 0 Å². The fourth-order valence-corrected chi connectivity index (χ4v) is 2.37. The number of halogens is 2. The molecule has 0 radical (unpaired) electrons. The monoisotopic (exact) mass is 324 g/mol. The number of alkyl halides is 1. The summed E-state index contributed by atoms with van der Waals surface area (Å²) in [5, 5.41) is 0.318. The maximum absolute atomic E-state index is 5.98. The van der Waals surface area contributed by atoms with E-state index in [1.165, 1.54) is 11.9 Å². The highest BCUT2D eigenvalue weighted by molar-refractivity contribution is 6.31. The van der Waals surface area contributed by atoms with Gasteiger partial charge in [-0.1, -0.05) is 44.5 Å². The van der Waals surface area contributed by atoms with Gasteiger partial charge < -0.3 is 4.74 Å². The molecule has 0 saturated heterocycles. The molecule has 0 unspecified atom stereocenters. The third kappa shape index (κ3) is 3.66. The largest absolute Gasteiger partial charge is 0.439 e. The molecule has 0 fully saturated rings. The van der Waals surface area contributed by atoms with Gasteiger partial charge in [0, 0.05) is 0 Å². The molecule has 1 aromatic heterocycles. The molecule has 0 amide bonds. The molecular formula is C16H18Cl2N2O. The van der Waals surface area contributed by atoms with Crippen LogP contribution in [0.5, 0.6) is 11.6 Å². The van der Waals surface area contributed by atoms with Crippen LogP contribution in [0.4, 0.5) is 0 Å². The van der Waals surface area contributed by atoms with Crippen molar-refractivity contribution in [3.63, 3.8) is 0 Å². The molecule has 0 aliphatic carbocycles. The molecule has 0 saturated carbocycles. The SMILES string of the molecule is CCC(C)(C)c1ccc(Oc2ncnc(Cl)c2CCl)cc1. The maximum atomic E-state index is 5.98. The summed E-state index contributed by atoms with van der Waals surface area (Å²) in [6.45, 7) is 6.62. The van der Waals surface area contributed by atoms with Crippen molar-refractivity contribution in [1.82, 2.24) is 9.97 Å². The third-order valence-corrected chi connectivity index (χ3v) is 4.31. The van der Waals surface area contributed by atoms with Gasteiger partial charge in [0.1, 0.15) is 17.2 Å². The van der Waals surface area contributed by atoms with Crippen LogP contribution in [0.2, 0.25) is 5.15 Å². The second kappa shape index (κ2) is 6.63. The Labute approximate surface area is 135 Å². The predicted octanol–water partition coefficient (Wildman–Crippen LogP) is 5.35. The third-order valence-electron chi connectivity index (χ3n) is 3.72. The molecule has 3 nitrogen and oxygen atoms in total. The van der Waals surface area contributed by atoms with Gasteiger partial charge in [-0.25, -0.2) is 9.97 Å². The van der Waals surface area contributed by atoms with Gasteiger partial charge in [0.05, 0.1) is 11.4 Å². The molecule has 2 aromatic rings. The number of hydrogen-bond donors (Lipinski definition) is 0. The van der Waals surface area contributed by atoms with E-state index in [4.69, 9.17) is 27.9 Å². The average molecular weight is 325 g/mol. The molecular weight excluding hydrogens is 307 g/mol. The van der Waals surface area contributed by atoms with E-state index in [2.05, 4.69) is 42.9 Å². The minimum atomic E-state index is 0.151. The van der Waals surface area contributed by atoms with E-state index >= 15 is 0 Å². The first-order valence-corrected chi connectivity index (χ1v) is 7.73. The first-order valence-electron chi connectivity index (χ1n) is 6.81. The number of benzene rings is 1. The zero-order valence-corrected chi connectivity index (χ0v) is 13.9. The summed E-state index contributed by atoms with van der Waals surface area (Å²) in [6, 6.07) is 8.01. The lowest BCUT2D eigenvalue weighted by atomic mass is 9.82. The van der Waals surface area contributed by atoms with Gasteiger partial charge >= 0.3 is 0 Å². The number of ether oxygens (including phenoxy) is 1. The van der Waals surface area contributed by atoms with Gasteiger partial charge in [-0.2, -0.15) is 0 Å². The lowest BCUT2D eigenvalue weighted by Gasteiger charge is -2.23. The average Bonchev–Trinajstić information content (AvgIpc) is 2.48. The van der Waals surface area contributed by atoms with Gasteiger partial charge in [-0.05, 0) is 29.5 Å². The van der Waals surface area contributed by atoms with Crippen molar-refractivity contribution >= 4 is 23.2 Å². The van der Waals surface area contributed by atoms with Crippen molar-refractivity contribution in [2.45, 2.75) is 38.5 Å². The molecule has 1 heterocycles. The van der Waals surface area contributed by atoms with Crippen LogP contribution in [0.15, 0.2) is 30.6 Å². The maximum Gasteiger partial charge on any atom is 0.228 e. The Balaban J connectivity index is 2.24. The van der Waals surface area contributed by atoms with Crippen LogP contribution in [0.25, 0.3) is 0 Å². The minimum absolute atomic E-state index is 0.151. The Morgan fingerprint density at radius 1 is 1.14 bits per heavy atom. The summed E-state index contributed by atoms with van der Waals surface area (Å²) in [7, 11) is 0. The number of hydrogen-bond acceptors (Lipinski definition) is 3. The van der Waals surface area contributed by atoms with Crippen LogP contribution in [0.1, 0.15) is 38.3 Å². The molecule has 0 bridgehead atoms. The Kier molecular flexibility index (Phi) is 5.07. The van der Waals surface area contributed by atoms with Crippen LogP contribution in [-0.2, 0) is 11.3 Å². The van der Waals surface area contributed by atoms with E-state index in [0.717, 1.165) is 6.42 Å². The first-order chi connectivity index (χ1) is 9.97. The zero-order chi connectivity index (χ0) is 15.5. The van der Waals surface area contributed by atoms with Gasteiger partial charge in [0.15, 0.2) is 0 Å². The predicted molar refractivity (Wildman–Crippen MR) is 86.4 cm³/mol. The second-order valence-electron chi connectivity index (χ2n) is 5.45. The van der Waals surface area contributed by atoms with Crippen LogP contribution in [-0.4, -0.2) is 9.97 Å². The Hall–Kier alpha value is -1.32. The fourth-order valence-electron chi connectivity index (χ4n) is 1.87. The van der Waals surface area contributed by atoms with E-state index in [1.807, 2.05) is 12.1 Å². The highest BCUT2D eigenvalue weighted by Crippen LogP contribution is 2.31. The Morgan fingerprint density at radius 3 is 2.38 bits per heavy atom. The highest BCUT2D eigenvalue weighted by Gasteiger charge is 2.18. The van der Waals surface area contributed by atoms with Crippen molar-refractivity contribution < 1.29 is 4.74 Å². The topological polar surface area (TPSA) is 35.0 Å². The van der Waals surface area contributed by atoms with Crippen LogP contribution in [0, 0.1) is 0 Å². The van der Waals surface area contributed by atoms with Crippen molar-refractivity contribution in [2.75, 3.05) is 0 Å². The van der Waals surface area contributed by atoms with Crippen LogP contribution < -0.4 is 4.74 Å². The molecule has 0 spiro atoms. The lowest BCUT2D eigenvalue weighted by molar-refractivity contribution is 0.454. The summed E-state index contributed by atoms with van der Waals surface area (Å²) in [5.41, 5.74) is 2.02. The number of aromatic nitrogens is 2. The molecule has 0 atom stereocenters. The molecule has 0 N–H and O–H groups in total. The summed E-state index contributed by atoms with van der Waals surface area (Å²) in [5.74, 6) is 1.30. The van der Waals surface area contributed by atoms with E-state index in [9.17, 15) is 0 Å². The van der Waals surface area contributed by atoms with Crippen molar-refractivity contribution in [2.24, 2.45) is 0 Å². The molecule has 112 valence electrons. The van der Waals surface area contributed by atoms with E-state index in [-0.39, 0.29) is 11.3 Å². The van der Waals surface area contributed by atoms with Gasteiger partial charge in [0.25, 0.3) is 0 Å². The number of nitrogens with zero attached hydrogens (tertiary/aromatic N) is 2. The van der Waals surface area contributed by atoms with Gasteiger partial charge in [-0.15, -0.1) is 11.6 Å². The molecule has 1 aromatic carbocycles. The summed E-state index contributed by atoms with van der Waals surface area (Å²) in [6.07, 6.45) is 2.44. The summed E-state index contributed by atoms with van der Waals surface area (Å²) >= 11 is 11.8. The van der Waals surface area contributed by atoms with Crippen molar-refractivity contribution in [3.8, 4) is 11.6 Å². The number of rotatable bonds is 5. The summed E-state index contributed by atoms with van der Waals surface area (Å²) in [4.78, 5) is 7.99. The molecule has 5 heteroatoms. The van der Waals surface area contributed by atoms with E-state index in [1.54, 1.807) is 0 Å². The second-order valence-corrected chi connectivity index (χ2v) is 6.07. The highest BCUT2D eigenvalue weighted by atomic mass is 35.5. The molecule has 21 heavy (non-hydrogen) atoms. The lowest BCUT2D eigenvalue weighted by Crippen LogP contribution is -2.14. The fraction of sp³-hybridized carbons (Fsp3) is 0.375. The normalized spacial score (nSPS) is 11.5. The first kappa shape index (κ1) is 16.1. The quantitative estimate of drug-likeness (QED) is 0.549. The molecule has 0 aliphatic heterocycles. The van der Waals surface area contributed by atoms with Crippen molar-refractivity contribution in [3.05, 3.63) is 46.9 Å².